The highest BCUT2D eigenvalue weighted by molar-refractivity contribution is 9.10. The largest absolute Gasteiger partial charge is 0.490 e. The second kappa shape index (κ2) is 14.3. The van der Waals surface area contributed by atoms with E-state index in [2.05, 4.69) is 54.2 Å². The number of anilines is 1. The lowest BCUT2D eigenvalue weighted by Gasteiger charge is -2.29. The number of halogens is 2. The SMILES string of the molecule is CCOC(=O)C1=C(C)Nc2nc(SCc3ccccc3Cl)nn2C1c1cc(Br)c(OCc2cc(C)c(C)cc2C)c(OCC)c1. The summed E-state index contributed by atoms with van der Waals surface area (Å²) in [7, 11) is 0. The van der Waals surface area contributed by atoms with Gasteiger partial charge in [0.1, 0.15) is 12.6 Å². The predicted octanol–water partition coefficient (Wildman–Crippen LogP) is 8.74. The van der Waals surface area contributed by atoms with Gasteiger partial charge in [0.2, 0.25) is 11.1 Å². The smallest absolute Gasteiger partial charge is 0.338 e. The van der Waals surface area contributed by atoms with E-state index in [1.54, 1.807) is 11.6 Å². The Bertz CT molecular complexity index is 1770. The van der Waals surface area contributed by atoms with Crippen LogP contribution in [0.25, 0.3) is 0 Å². The summed E-state index contributed by atoms with van der Waals surface area (Å²) >= 11 is 11.6. The molecule has 0 aliphatic carbocycles. The number of aryl methyl sites for hydroxylation is 3. The molecule has 1 aliphatic heterocycles. The first-order chi connectivity index (χ1) is 21.6. The average Bonchev–Trinajstić information content (AvgIpc) is 3.40. The van der Waals surface area contributed by atoms with Gasteiger partial charge in [-0.2, -0.15) is 4.98 Å². The number of thioether (sulfide) groups is 1. The standard InChI is InChI=1S/C34H36BrClN4O4S/c1-7-42-28-16-24(15-26(35)31(28)44-17-25-14-20(4)19(3)13-21(25)5)30-29(32(41)43-8-2)22(6)37-33-38-34(39-40(30)33)45-18-23-11-9-10-12-27(23)36/h9-16,30H,7-8,17-18H2,1-6H3,(H,37,38,39). The van der Waals surface area contributed by atoms with Gasteiger partial charge >= 0.3 is 5.97 Å². The Morgan fingerprint density at radius 1 is 1.00 bits per heavy atom. The lowest BCUT2D eigenvalue weighted by Crippen LogP contribution is -2.29. The zero-order valence-corrected chi connectivity index (χ0v) is 29.3. The van der Waals surface area contributed by atoms with E-state index in [1.807, 2.05) is 50.2 Å². The molecule has 8 nitrogen and oxygen atoms in total. The number of benzene rings is 3. The van der Waals surface area contributed by atoms with Crippen molar-refractivity contribution in [2.24, 2.45) is 0 Å². The normalized spacial score (nSPS) is 14.2. The highest BCUT2D eigenvalue weighted by Crippen LogP contribution is 2.44. The summed E-state index contributed by atoms with van der Waals surface area (Å²) in [5.74, 6) is 1.82. The molecule has 0 spiro atoms. The second-order valence-electron chi connectivity index (χ2n) is 10.7. The Morgan fingerprint density at radius 2 is 1.76 bits per heavy atom. The van der Waals surface area contributed by atoms with Crippen LogP contribution in [0, 0.1) is 20.8 Å². The molecule has 45 heavy (non-hydrogen) atoms. The zero-order valence-electron chi connectivity index (χ0n) is 26.2. The molecule has 4 aromatic rings. The van der Waals surface area contributed by atoms with Crippen LogP contribution in [0.1, 0.15) is 60.2 Å². The number of allylic oxidation sites excluding steroid dienone is 1. The van der Waals surface area contributed by atoms with Gasteiger partial charge in [-0.15, -0.1) is 5.10 Å². The van der Waals surface area contributed by atoms with Gasteiger partial charge in [-0.05, 0) is 109 Å². The maximum atomic E-state index is 13.4. The molecule has 0 saturated heterocycles. The topological polar surface area (TPSA) is 87.5 Å². The van der Waals surface area contributed by atoms with Crippen molar-refractivity contribution in [2.45, 2.75) is 65.1 Å². The quantitative estimate of drug-likeness (QED) is 0.122. The fourth-order valence-electron chi connectivity index (χ4n) is 5.21. The summed E-state index contributed by atoms with van der Waals surface area (Å²) in [5, 5.41) is 9.34. The van der Waals surface area contributed by atoms with Gasteiger partial charge in [0, 0.05) is 16.5 Å². The third kappa shape index (κ3) is 7.18. The highest BCUT2D eigenvalue weighted by atomic mass is 79.9. The molecular formula is C34H36BrClN4O4S. The number of fused-ring (bicyclic) bond motifs is 1. The molecule has 2 heterocycles. The number of nitrogens with zero attached hydrogens (tertiary/aromatic N) is 3. The molecule has 11 heteroatoms. The summed E-state index contributed by atoms with van der Waals surface area (Å²) in [6.07, 6.45) is 0. The summed E-state index contributed by atoms with van der Waals surface area (Å²) < 4.78 is 20.4. The molecule has 0 bridgehead atoms. The van der Waals surface area contributed by atoms with Gasteiger partial charge in [0.15, 0.2) is 11.5 Å². The molecule has 1 atom stereocenters. The number of aromatic nitrogens is 3. The number of carbonyl (C=O) groups is 1. The van der Waals surface area contributed by atoms with Crippen molar-refractivity contribution in [1.29, 1.82) is 0 Å². The summed E-state index contributed by atoms with van der Waals surface area (Å²) in [6.45, 7) is 12.9. The molecule has 0 amide bonds. The number of nitrogens with one attached hydrogen (secondary N) is 1. The van der Waals surface area contributed by atoms with E-state index in [1.165, 1.54) is 28.5 Å². The second-order valence-corrected chi connectivity index (χ2v) is 12.9. The van der Waals surface area contributed by atoms with Crippen molar-refractivity contribution in [3.05, 3.63) is 103 Å². The van der Waals surface area contributed by atoms with E-state index in [9.17, 15) is 4.79 Å². The van der Waals surface area contributed by atoms with E-state index in [0.717, 1.165) is 16.7 Å². The minimum atomic E-state index is -0.631. The zero-order chi connectivity index (χ0) is 32.2. The molecule has 236 valence electrons. The van der Waals surface area contributed by atoms with E-state index in [4.69, 9.17) is 35.9 Å². The monoisotopic (exact) mass is 710 g/mol. The van der Waals surface area contributed by atoms with Crippen LogP contribution in [-0.4, -0.2) is 33.9 Å². The average molecular weight is 712 g/mol. The van der Waals surface area contributed by atoms with Gasteiger partial charge in [-0.1, -0.05) is 53.7 Å². The van der Waals surface area contributed by atoms with Gasteiger partial charge in [-0.25, -0.2) is 9.48 Å². The first kappa shape index (κ1) is 32.9. The minimum absolute atomic E-state index is 0.240. The van der Waals surface area contributed by atoms with Crippen molar-refractivity contribution in [1.82, 2.24) is 14.8 Å². The third-order valence-corrected chi connectivity index (χ3v) is 9.46. The Hall–Kier alpha value is -3.47. The van der Waals surface area contributed by atoms with Gasteiger partial charge in [0.25, 0.3) is 0 Å². The van der Waals surface area contributed by atoms with Crippen LogP contribution in [0.5, 0.6) is 11.5 Å². The van der Waals surface area contributed by atoms with Crippen LogP contribution in [0.4, 0.5) is 5.95 Å². The Kier molecular flexibility index (Phi) is 10.5. The van der Waals surface area contributed by atoms with Crippen LogP contribution in [0.15, 0.2) is 69.4 Å². The first-order valence-electron chi connectivity index (χ1n) is 14.7. The Labute approximate surface area is 281 Å². The molecule has 3 aromatic carbocycles. The maximum absolute atomic E-state index is 13.4. The number of ether oxygens (including phenoxy) is 3. The van der Waals surface area contributed by atoms with Crippen molar-refractivity contribution in [3.63, 3.8) is 0 Å². The molecule has 5 rings (SSSR count). The van der Waals surface area contributed by atoms with Crippen LogP contribution in [0.3, 0.4) is 0 Å². The molecule has 0 fully saturated rings. The van der Waals surface area contributed by atoms with E-state index in [-0.39, 0.29) is 6.61 Å². The Balaban J connectivity index is 1.53. The van der Waals surface area contributed by atoms with Crippen LogP contribution < -0.4 is 14.8 Å². The fourth-order valence-corrected chi connectivity index (χ4v) is 6.90. The van der Waals surface area contributed by atoms with Gasteiger partial charge < -0.3 is 19.5 Å². The van der Waals surface area contributed by atoms with E-state index >= 15 is 0 Å². The van der Waals surface area contributed by atoms with E-state index in [0.29, 0.717) is 62.3 Å². The fraction of sp³-hybridized carbons (Fsp3) is 0.324. The van der Waals surface area contributed by atoms with E-state index < -0.39 is 12.0 Å². The number of carbonyl (C=O) groups excluding carboxylic acids is 1. The number of hydrogen-bond donors (Lipinski definition) is 1. The van der Waals surface area contributed by atoms with Crippen molar-refractivity contribution < 1.29 is 19.0 Å². The molecule has 1 unspecified atom stereocenters. The number of rotatable bonds is 11. The van der Waals surface area contributed by atoms with Gasteiger partial charge in [0.05, 0.1) is 23.3 Å². The maximum Gasteiger partial charge on any atom is 0.338 e. The molecular weight excluding hydrogens is 676 g/mol. The summed E-state index contributed by atoms with van der Waals surface area (Å²) in [5.41, 5.74) is 7.56. The highest BCUT2D eigenvalue weighted by Gasteiger charge is 2.36. The van der Waals surface area contributed by atoms with Crippen molar-refractivity contribution in [2.75, 3.05) is 18.5 Å². The lowest BCUT2D eigenvalue weighted by molar-refractivity contribution is -0.139. The molecule has 1 aromatic heterocycles. The van der Waals surface area contributed by atoms with Crippen molar-refractivity contribution in [3.8, 4) is 11.5 Å². The summed E-state index contributed by atoms with van der Waals surface area (Å²) in [6, 6.07) is 15.3. The van der Waals surface area contributed by atoms with Gasteiger partial charge in [-0.3, -0.25) is 0 Å². The third-order valence-electron chi connectivity index (χ3n) is 7.61. The lowest BCUT2D eigenvalue weighted by atomic mass is 9.95. The van der Waals surface area contributed by atoms with Crippen LogP contribution in [-0.2, 0) is 21.9 Å². The Morgan fingerprint density at radius 3 is 2.49 bits per heavy atom. The first-order valence-corrected chi connectivity index (χ1v) is 16.9. The number of hydrogen-bond acceptors (Lipinski definition) is 8. The van der Waals surface area contributed by atoms with Crippen LogP contribution >= 0.6 is 39.3 Å². The number of esters is 1. The molecule has 1 N–H and O–H groups in total. The molecule has 1 aliphatic rings. The van der Waals surface area contributed by atoms with Crippen LogP contribution in [0.2, 0.25) is 5.02 Å². The minimum Gasteiger partial charge on any atom is -0.490 e. The van der Waals surface area contributed by atoms with Crippen molar-refractivity contribution >= 4 is 51.2 Å². The predicted molar refractivity (Wildman–Crippen MR) is 182 cm³/mol. The summed E-state index contributed by atoms with van der Waals surface area (Å²) in [4.78, 5) is 18.1. The molecule has 0 radical (unpaired) electrons. The molecule has 0 saturated carbocycles.